The minimum Gasteiger partial charge on any atom is -0.438 e. The summed E-state index contributed by atoms with van der Waals surface area (Å²) in [5.41, 5.74) is 2.55. The Kier molecular flexibility index (Phi) is 7.96. The molecule has 1 atom stereocenters. The highest BCUT2D eigenvalue weighted by Gasteiger charge is 2.28. The Bertz CT molecular complexity index is 1120. The second-order valence-electron chi connectivity index (χ2n) is 8.69. The molecule has 1 heterocycles. The van der Waals surface area contributed by atoms with Crippen LogP contribution in [0.1, 0.15) is 24.1 Å². The van der Waals surface area contributed by atoms with Crippen molar-refractivity contribution in [2.45, 2.75) is 32.4 Å². The number of para-hydroxylation sites is 1. The molecule has 0 bridgehead atoms. The monoisotopic (exact) mass is 463 g/mol. The second kappa shape index (κ2) is 11.3. The van der Waals surface area contributed by atoms with Gasteiger partial charge in [0, 0.05) is 25.7 Å². The Morgan fingerprint density at radius 2 is 2.03 bits per heavy atom. The summed E-state index contributed by atoms with van der Waals surface area (Å²) >= 11 is 0. The van der Waals surface area contributed by atoms with Crippen LogP contribution in [0.25, 0.3) is 5.69 Å². The predicted octanol–water partition coefficient (Wildman–Crippen LogP) is 4.33. The number of hydrogen-bond donors (Lipinski definition) is 1. The van der Waals surface area contributed by atoms with Gasteiger partial charge in [-0.2, -0.15) is 5.10 Å². The van der Waals surface area contributed by atoms with Crippen molar-refractivity contribution >= 4 is 0 Å². The molecule has 6 nitrogen and oxygen atoms in total. The van der Waals surface area contributed by atoms with Crippen LogP contribution < -0.4 is 4.74 Å². The number of benzene rings is 2. The third kappa shape index (κ3) is 6.45. The van der Waals surface area contributed by atoms with Crippen LogP contribution >= 0.6 is 0 Å². The number of ether oxygens (including phenoxy) is 2. The van der Waals surface area contributed by atoms with Crippen LogP contribution in [-0.2, 0) is 11.3 Å². The SMILES string of the molecule is C#CCOCC(O)CN(Cc1c(C)nn(-c2ccccc2)c1Oc1cccc(F)c1)CC1CC1. The molecule has 1 aliphatic rings. The maximum absolute atomic E-state index is 13.9. The number of terminal acetylenes is 1. The van der Waals surface area contributed by atoms with Crippen LogP contribution in [-0.4, -0.2) is 52.2 Å². The first-order valence-corrected chi connectivity index (χ1v) is 11.5. The third-order valence-corrected chi connectivity index (χ3v) is 5.71. The van der Waals surface area contributed by atoms with Gasteiger partial charge < -0.3 is 14.6 Å². The molecule has 1 aromatic heterocycles. The van der Waals surface area contributed by atoms with Gasteiger partial charge in [0.1, 0.15) is 18.2 Å². The number of halogens is 1. The first kappa shape index (κ1) is 24.0. The second-order valence-corrected chi connectivity index (χ2v) is 8.69. The summed E-state index contributed by atoms with van der Waals surface area (Å²) in [4.78, 5) is 2.21. The average Bonchev–Trinajstić information content (AvgIpc) is 3.59. The van der Waals surface area contributed by atoms with Crippen molar-refractivity contribution in [1.29, 1.82) is 0 Å². The van der Waals surface area contributed by atoms with Gasteiger partial charge in [-0.3, -0.25) is 4.90 Å². The molecule has 1 N–H and O–H groups in total. The summed E-state index contributed by atoms with van der Waals surface area (Å²) in [6.07, 6.45) is 6.95. The maximum Gasteiger partial charge on any atom is 0.227 e. The Morgan fingerprint density at radius 1 is 1.24 bits per heavy atom. The molecular formula is C27H30FN3O3. The number of aliphatic hydroxyl groups excluding tert-OH is 1. The van der Waals surface area contributed by atoms with Gasteiger partial charge >= 0.3 is 0 Å². The van der Waals surface area contributed by atoms with Crippen LogP contribution in [0.5, 0.6) is 11.6 Å². The van der Waals surface area contributed by atoms with E-state index in [4.69, 9.17) is 21.0 Å². The first-order chi connectivity index (χ1) is 16.5. The summed E-state index contributed by atoms with van der Waals surface area (Å²) in [6, 6.07) is 15.8. The van der Waals surface area contributed by atoms with E-state index in [0.717, 1.165) is 23.5 Å². The maximum atomic E-state index is 13.9. The van der Waals surface area contributed by atoms with Gasteiger partial charge in [-0.1, -0.05) is 30.2 Å². The molecule has 0 aliphatic heterocycles. The Labute approximate surface area is 199 Å². The highest BCUT2D eigenvalue weighted by atomic mass is 19.1. The van der Waals surface area contributed by atoms with Crippen molar-refractivity contribution in [3.63, 3.8) is 0 Å². The highest BCUT2D eigenvalue weighted by Crippen LogP contribution is 2.34. The first-order valence-electron chi connectivity index (χ1n) is 11.5. The summed E-state index contributed by atoms with van der Waals surface area (Å²) in [6.45, 7) is 4.13. The molecule has 0 saturated heterocycles. The number of hydrogen-bond acceptors (Lipinski definition) is 5. The van der Waals surface area contributed by atoms with Gasteiger partial charge in [0.25, 0.3) is 0 Å². The molecule has 0 spiro atoms. The van der Waals surface area contributed by atoms with E-state index in [0.29, 0.717) is 30.6 Å². The zero-order valence-electron chi connectivity index (χ0n) is 19.4. The van der Waals surface area contributed by atoms with Gasteiger partial charge in [-0.05, 0) is 49.9 Å². The van der Waals surface area contributed by atoms with Crippen molar-refractivity contribution in [3.8, 4) is 29.7 Å². The molecule has 1 aliphatic carbocycles. The van der Waals surface area contributed by atoms with Crippen molar-refractivity contribution in [1.82, 2.24) is 14.7 Å². The van der Waals surface area contributed by atoms with E-state index in [1.807, 2.05) is 37.3 Å². The van der Waals surface area contributed by atoms with E-state index < -0.39 is 6.10 Å². The van der Waals surface area contributed by atoms with Gasteiger partial charge in [-0.15, -0.1) is 6.42 Å². The number of aliphatic hydroxyl groups is 1. The Hall–Kier alpha value is -3.18. The molecule has 34 heavy (non-hydrogen) atoms. The van der Waals surface area contributed by atoms with E-state index in [-0.39, 0.29) is 19.0 Å². The van der Waals surface area contributed by atoms with Crippen LogP contribution in [0.2, 0.25) is 0 Å². The number of rotatable bonds is 12. The molecule has 0 amide bonds. The lowest BCUT2D eigenvalue weighted by Crippen LogP contribution is -2.36. The molecule has 3 aromatic rings. The minimum absolute atomic E-state index is 0.175. The largest absolute Gasteiger partial charge is 0.438 e. The lowest BCUT2D eigenvalue weighted by Gasteiger charge is -2.25. The number of aromatic nitrogens is 2. The zero-order valence-corrected chi connectivity index (χ0v) is 19.4. The zero-order chi connectivity index (χ0) is 23.9. The summed E-state index contributed by atoms with van der Waals surface area (Å²) in [7, 11) is 0. The van der Waals surface area contributed by atoms with Crippen LogP contribution in [0.3, 0.4) is 0 Å². The van der Waals surface area contributed by atoms with Crippen LogP contribution in [0, 0.1) is 31.0 Å². The normalized spacial score (nSPS) is 14.2. The Morgan fingerprint density at radius 3 is 2.74 bits per heavy atom. The molecule has 1 fully saturated rings. The highest BCUT2D eigenvalue weighted by molar-refractivity contribution is 5.43. The molecular weight excluding hydrogens is 433 g/mol. The average molecular weight is 464 g/mol. The van der Waals surface area contributed by atoms with E-state index in [9.17, 15) is 9.50 Å². The molecule has 0 radical (unpaired) electrons. The minimum atomic E-state index is -0.663. The molecule has 1 unspecified atom stereocenters. The fraction of sp³-hybridized carbons (Fsp3) is 0.370. The number of nitrogens with zero attached hydrogens (tertiary/aromatic N) is 3. The fourth-order valence-corrected chi connectivity index (χ4v) is 3.91. The van der Waals surface area contributed by atoms with Crippen molar-refractivity contribution in [2.24, 2.45) is 5.92 Å². The van der Waals surface area contributed by atoms with E-state index >= 15 is 0 Å². The van der Waals surface area contributed by atoms with Crippen molar-refractivity contribution in [3.05, 3.63) is 71.7 Å². The molecule has 4 rings (SSSR count). The van der Waals surface area contributed by atoms with Gasteiger partial charge in [0.15, 0.2) is 0 Å². The quantitative estimate of drug-likeness (QED) is 0.320. The lowest BCUT2D eigenvalue weighted by molar-refractivity contribution is 0.0250. The molecule has 178 valence electrons. The van der Waals surface area contributed by atoms with Crippen LogP contribution in [0.15, 0.2) is 54.6 Å². The molecule has 2 aromatic carbocycles. The molecule has 1 saturated carbocycles. The van der Waals surface area contributed by atoms with E-state index in [1.165, 1.54) is 25.0 Å². The summed E-state index contributed by atoms with van der Waals surface area (Å²) < 4.78 is 27.2. The van der Waals surface area contributed by atoms with Crippen molar-refractivity contribution < 1.29 is 19.0 Å². The van der Waals surface area contributed by atoms with E-state index in [2.05, 4.69) is 10.8 Å². The van der Waals surface area contributed by atoms with Gasteiger partial charge in [-0.25, -0.2) is 9.07 Å². The Balaban J connectivity index is 1.63. The summed E-state index contributed by atoms with van der Waals surface area (Å²) in [5.74, 6) is 3.60. The topological polar surface area (TPSA) is 59.8 Å². The molecule has 7 heteroatoms. The van der Waals surface area contributed by atoms with Crippen LogP contribution in [0.4, 0.5) is 4.39 Å². The van der Waals surface area contributed by atoms with Gasteiger partial charge in [0.2, 0.25) is 5.88 Å². The standard InChI is InChI=1S/C27H30FN3O3/c1-3-14-33-19-24(32)17-30(16-21-12-13-21)18-26-20(2)29-31(23-9-5-4-6-10-23)27(26)34-25-11-7-8-22(28)15-25/h1,4-11,15,21,24,32H,12-14,16-19H2,2H3. The summed E-state index contributed by atoms with van der Waals surface area (Å²) in [5, 5.41) is 15.3. The van der Waals surface area contributed by atoms with Crippen molar-refractivity contribution in [2.75, 3.05) is 26.3 Å². The van der Waals surface area contributed by atoms with Gasteiger partial charge in [0.05, 0.1) is 29.7 Å². The van der Waals surface area contributed by atoms with E-state index in [1.54, 1.807) is 16.8 Å². The number of aryl methyl sites for hydroxylation is 1. The third-order valence-electron chi connectivity index (χ3n) is 5.71. The predicted molar refractivity (Wildman–Crippen MR) is 128 cm³/mol. The fourth-order valence-electron chi connectivity index (χ4n) is 3.91. The smallest absolute Gasteiger partial charge is 0.227 e. The lowest BCUT2D eigenvalue weighted by atomic mass is 10.2.